The van der Waals surface area contributed by atoms with Crippen LogP contribution in [0.3, 0.4) is 0 Å². The maximum Gasteiger partial charge on any atom is 0.171 e. The fourth-order valence-corrected chi connectivity index (χ4v) is 5.63. The molecule has 4 rings (SSSR count). The Morgan fingerprint density at radius 2 is 1.88 bits per heavy atom. The van der Waals surface area contributed by atoms with Gasteiger partial charge in [0, 0.05) is 5.92 Å². The number of Topliss-reactive ketones (excluding diaryl/α,β-unsaturated/α-hetero) is 2. The summed E-state index contributed by atoms with van der Waals surface area (Å²) in [4.78, 5) is 25.8. The summed E-state index contributed by atoms with van der Waals surface area (Å²) in [6.07, 6.45) is 3.91. The van der Waals surface area contributed by atoms with Crippen molar-refractivity contribution in [1.29, 1.82) is 0 Å². The third-order valence-electron chi connectivity index (χ3n) is 7.51. The first-order chi connectivity index (χ1) is 11.0. The molecule has 3 aliphatic carbocycles. The number of aliphatic hydroxyl groups is 1. The second-order valence-electron chi connectivity index (χ2n) is 9.42. The fraction of sp³-hybridized carbons (Fsp3) is 0.800. The van der Waals surface area contributed by atoms with Crippen molar-refractivity contribution in [2.75, 3.05) is 0 Å². The van der Waals surface area contributed by atoms with Crippen molar-refractivity contribution in [3.63, 3.8) is 0 Å². The van der Waals surface area contributed by atoms with Crippen LogP contribution in [0.2, 0.25) is 0 Å². The first kappa shape index (κ1) is 16.5. The van der Waals surface area contributed by atoms with Crippen molar-refractivity contribution < 1.29 is 19.4 Å². The van der Waals surface area contributed by atoms with Gasteiger partial charge in [0.2, 0.25) is 0 Å². The van der Waals surface area contributed by atoms with E-state index in [0.717, 1.165) is 19.3 Å². The Kier molecular flexibility index (Phi) is 3.15. The Morgan fingerprint density at radius 3 is 2.54 bits per heavy atom. The number of ketones is 2. The van der Waals surface area contributed by atoms with Gasteiger partial charge in [0.15, 0.2) is 17.2 Å². The Hall–Kier alpha value is -1.00. The molecule has 1 N–H and O–H groups in total. The van der Waals surface area contributed by atoms with Gasteiger partial charge in [0.25, 0.3) is 0 Å². The number of hydrogen-bond donors (Lipinski definition) is 1. The van der Waals surface area contributed by atoms with Gasteiger partial charge in [0.1, 0.15) is 6.10 Å². The third kappa shape index (κ3) is 1.99. The van der Waals surface area contributed by atoms with Crippen LogP contribution in [0.1, 0.15) is 53.9 Å². The van der Waals surface area contributed by atoms with Crippen LogP contribution in [0.4, 0.5) is 0 Å². The largest absolute Gasteiger partial charge is 0.377 e. The minimum absolute atomic E-state index is 0.128. The summed E-state index contributed by atoms with van der Waals surface area (Å²) in [6.45, 7) is 10.2. The van der Waals surface area contributed by atoms with Gasteiger partial charge in [-0.05, 0) is 62.0 Å². The maximum atomic E-state index is 13.1. The zero-order chi connectivity index (χ0) is 17.7. The lowest BCUT2D eigenvalue weighted by atomic mass is 9.75. The normalized spacial score (nSPS) is 52.6. The molecule has 132 valence electrons. The van der Waals surface area contributed by atoms with E-state index in [-0.39, 0.29) is 34.6 Å². The molecule has 1 saturated heterocycles. The highest BCUT2D eigenvalue weighted by Crippen LogP contribution is 2.65. The number of allylic oxidation sites excluding steroid dienone is 1. The van der Waals surface area contributed by atoms with Crippen LogP contribution < -0.4 is 0 Å². The Morgan fingerprint density at radius 1 is 1.21 bits per heavy atom. The van der Waals surface area contributed by atoms with Gasteiger partial charge < -0.3 is 9.84 Å². The quantitative estimate of drug-likeness (QED) is 0.693. The number of carbonyl (C=O) groups excluding carboxylic acids is 2. The van der Waals surface area contributed by atoms with Gasteiger partial charge in [-0.25, -0.2) is 0 Å². The second-order valence-corrected chi connectivity index (χ2v) is 9.42. The molecule has 7 atom stereocenters. The molecule has 0 bridgehead atoms. The topological polar surface area (TPSA) is 66.9 Å². The van der Waals surface area contributed by atoms with Crippen LogP contribution in [0, 0.1) is 29.1 Å². The van der Waals surface area contributed by atoms with E-state index in [1.807, 2.05) is 13.8 Å². The predicted molar refractivity (Wildman–Crippen MR) is 89.3 cm³/mol. The number of fused-ring (bicyclic) bond motifs is 4. The SMILES string of the molecule is CC1=C[C@]2(O)C(=O)[C@H](C)C[C@@H]3[C@H](CC[C@]4(C)O[C@H]4[C@@H]2C1=O)C3(C)C. The van der Waals surface area contributed by atoms with E-state index in [4.69, 9.17) is 4.74 Å². The van der Waals surface area contributed by atoms with Crippen LogP contribution in [0.15, 0.2) is 11.6 Å². The molecule has 4 aliphatic rings. The van der Waals surface area contributed by atoms with E-state index in [1.165, 1.54) is 6.08 Å². The van der Waals surface area contributed by atoms with Gasteiger partial charge in [-0.2, -0.15) is 0 Å². The number of ether oxygens (including phenoxy) is 1. The second kappa shape index (κ2) is 4.59. The minimum Gasteiger partial charge on any atom is -0.377 e. The van der Waals surface area contributed by atoms with Crippen molar-refractivity contribution in [2.24, 2.45) is 29.1 Å². The van der Waals surface area contributed by atoms with Crippen molar-refractivity contribution in [1.82, 2.24) is 0 Å². The molecule has 0 aromatic carbocycles. The summed E-state index contributed by atoms with van der Waals surface area (Å²) in [7, 11) is 0. The summed E-state index contributed by atoms with van der Waals surface area (Å²) in [5, 5.41) is 11.2. The lowest BCUT2D eigenvalue weighted by Gasteiger charge is -2.29. The smallest absolute Gasteiger partial charge is 0.171 e. The molecule has 0 unspecified atom stereocenters. The summed E-state index contributed by atoms with van der Waals surface area (Å²) >= 11 is 0. The van der Waals surface area contributed by atoms with Crippen LogP contribution >= 0.6 is 0 Å². The summed E-state index contributed by atoms with van der Waals surface area (Å²) < 4.78 is 5.93. The molecular formula is C20H28O4. The summed E-state index contributed by atoms with van der Waals surface area (Å²) in [5.74, 6) is -0.227. The predicted octanol–water partition coefficient (Wildman–Crippen LogP) is 2.68. The summed E-state index contributed by atoms with van der Waals surface area (Å²) in [5.41, 5.74) is -1.33. The number of epoxide rings is 1. The zero-order valence-electron chi connectivity index (χ0n) is 15.3. The van der Waals surface area contributed by atoms with Crippen molar-refractivity contribution in [2.45, 2.75) is 71.2 Å². The molecule has 24 heavy (non-hydrogen) atoms. The minimum atomic E-state index is -1.69. The fourth-order valence-electron chi connectivity index (χ4n) is 5.63. The molecule has 0 aromatic rings. The molecule has 1 heterocycles. The number of rotatable bonds is 0. The molecule has 0 radical (unpaired) electrons. The maximum absolute atomic E-state index is 13.1. The molecule has 4 nitrogen and oxygen atoms in total. The van der Waals surface area contributed by atoms with E-state index in [1.54, 1.807) is 6.92 Å². The molecule has 0 amide bonds. The van der Waals surface area contributed by atoms with Gasteiger partial charge in [-0.15, -0.1) is 0 Å². The van der Waals surface area contributed by atoms with Crippen LogP contribution in [-0.2, 0) is 14.3 Å². The highest BCUT2D eigenvalue weighted by Gasteiger charge is 2.68. The van der Waals surface area contributed by atoms with Crippen molar-refractivity contribution in [3.05, 3.63) is 11.6 Å². The molecule has 0 spiro atoms. The van der Waals surface area contributed by atoms with E-state index < -0.39 is 11.5 Å². The summed E-state index contributed by atoms with van der Waals surface area (Å²) in [6, 6.07) is 0. The van der Waals surface area contributed by atoms with Crippen LogP contribution in [0.5, 0.6) is 0 Å². The van der Waals surface area contributed by atoms with Crippen molar-refractivity contribution in [3.8, 4) is 0 Å². The first-order valence-corrected chi connectivity index (χ1v) is 9.20. The molecule has 2 saturated carbocycles. The average molecular weight is 332 g/mol. The van der Waals surface area contributed by atoms with Gasteiger partial charge >= 0.3 is 0 Å². The van der Waals surface area contributed by atoms with E-state index in [9.17, 15) is 14.7 Å². The highest BCUT2D eigenvalue weighted by molar-refractivity contribution is 6.09. The molecule has 3 fully saturated rings. The molecular weight excluding hydrogens is 304 g/mol. The lowest BCUT2D eigenvalue weighted by molar-refractivity contribution is -0.145. The van der Waals surface area contributed by atoms with Crippen LogP contribution in [-0.4, -0.2) is 34.0 Å². The first-order valence-electron chi connectivity index (χ1n) is 9.20. The van der Waals surface area contributed by atoms with E-state index in [0.29, 0.717) is 17.4 Å². The van der Waals surface area contributed by atoms with Gasteiger partial charge in [0.05, 0.1) is 11.5 Å². The van der Waals surface area contributed by atoms with Gasteiger partial charge in [-0.3, -0.25) is 9.59 Å². The number of carbonyl (C=O) groups is 2. The molecule has 1 aliphatic heterocycles. The third-order valence-corrected chi connectivity index (χ3v) is 7.51. The van der Waals surface area contributed by atoms with Gasteiger partial charge in [-0.1, -0.05) is 20.8 Å². The van der Waals surface area contributed by atoms with E-state index in [2.05, 4.69) is 13.8 Å². The Labute approximate surface area is 143 Å². The van der Waals surface area contributed by atoms with Crippen LogP contribution in [0.25, 0.3) is 0 Å². The Bertz CT molecular complexity index is 663. The highest BCUT2D eigenvalue weighted by atomic mass is 16.6. The van der Waals surface area contributed by atoms with E-state index >= 15 is 0 Å². The Balaban J connectivity index is 1.73. The molecule has 4 heteroatoms. The number of hydrogen-bond acceptors (Lipinski definition) is 4. The zero-order valence-corrected chi connectivity index (χ0v) is 15.3. The average Bonchev–Trinajstić information content (AvgIpc) is 3.25. The van der Waals surface area contributed by atoms with Crippen molar-refractivity contribution >= 4 is 11.6 Å². The molecule has 0 aromatic heterocycles. The monoisotopic (exact) mass is 332 g/mol. The standard InChI is InChI=1S/C20H28O4/c1-10-8-13-12(18(13,3)4)6-7-19(5)17(24-19)14-15(21)11(2)9-20(14,23)16(10)22/h9-10,12-14,17,23H,6-8H2,1-5H3/t10-,12+,13-,14+,17+,19+,20-/m1/s1. The lowest BCUT2D eigenvalue weighted by Crippen LogP contribution is -2.50.